The van der Waals surface area contributed by atoms with Gasteiger partial charge in [0.2, 0.25) is 5.17 Å². The Balaban J connectivity index is 1.48. The van der Waals surface area contributed by atoms with Crippen LogP contribution in [0.3, 0.4) is 0 Å². The van der Waals surface area contributed by atoms with Gasteiger partial charge in [0.25, 0.3) is 5.91 Å². The van der Waals surface area contributed by atoms with E-state index in [1.165, 1.54) is 36.0 Å². The summed E-state index contributed by atoms with van der Waals surface area (Å²) in [5.41, 5.74) is 3.87. The van der Waals surface area contributed by atoms with Crippen molar-refractivity contribution in [3.63, 3.8) is 0 Å². The van der Waals surface area contributed by atoms with Crippen LogP contribution in [0.4, 0.5) is 0 Å². The minimum absolute atomic E-state index is 0.0719. The molecule has 1 amide bonds. The van der Waals surface area contributed by atoms with Gasteiger partial charge in [0.15, 0.2) is 5.84 Å². The van der Waals surface area contributed by atoms with Crippen molar-refractivity contribution < 1.29 is 4.79 Å². The van der Waals surface area contributed by atoms with E-state index in [4.69, 9.17) is 28.6 Å². The van der Waals surface area contributed by atoms with Gasteiger partial charge < -0.3 is 4.57 Å². The summed E-state index contributed by atoms with van der Waals surface area (Å²) >= 11 is 13.7. The third-order valence-electron chi connectivity index (χ3n) is 6.36. The maximum atomic E-state index is 12.9. The molecule has 0 spiro atoms. The molecule has 1 aromatic heterocycles. The van der Waals surface area contributed by atoms with Gasteiger partial charge in [0, 0.05) is 23.0 Å². The molecule has 6 nitrogen and oxygen atoms in total. The third kappa shape index (κ3) is 4.07. The molecule has 2 aromatic rings. The molecule has 33 heavy (non-hydrogen) atoms. The third-order valence-corrected chi connectivity index (χ3v) is 8.17. The monoisotopic (exact) mass is 499 g/mol. The first-order valence-electron chi connectivity index (χ1n) is 11.0. The average Bonchev–Trinajstić information content (AvgIpc) is 3.34. The normalized spacial score (nSPS) is 20.4. The standard InChI is InChI=1S/C24H23Cl2N5OS/c1-13-10-16(14(2)30(13)17-8-9-19(25)20(26)12-17)11-18-21(27)31-24(28-22(18)32)33-23(29-31)15-6-4-3-5-7-15/h8-12,15,27H,3-7H2,1-2H3. The number of fused-ring (bicyclic) bond motifs is 1. The molecule has 0 atom stereocenters. The van der Waals surface area contributed by atoms with Crippen molar-refractivity contribution in [3.8, 4) is 5.69 Å². The van der Waals surface area contributed by atoms with Gasteiger partial charge in [-0.05, 0) is 74.4 Å². The van der Waals surface area contributed by atoms with Crippen molar-refractivity contribution >= 4 is 63.0 Å². The summed E-state index contributed by atoms with van der Waals surface area (Å²) < 4.78 is 2.05. The summed E-state index contributed by atoms with van der Waals surface area (Å²) in [6, 6.07) is 7.46. The Hall–Kier alpha value is -2.35. The lowest BCUT2D eigenvalue weighted by molar-refractivity contribution is -0.114. The van der Waals surface area contributed by atoms with E-state index in [9.17, 15) is 4.79 Å². The lowest BCUT2D eigenvalue weighted by Crippen LogP contribution is -2.35. The Labute approximate surface area is 206 Å². The van der Waals surface area contributed by atoms with Crippen LogP contribution < -0.4 is 0 Å². The molecule has 0 unspecified atom stereocenters. The molecule has 3 aliphatic rings. The van der Waals surface area contributed by atoms with Crippen LogP contribution in [0.15, 0.2) is 39.9 Å². The van der Waals surface area contributed by atoms with Crippen molar-refractivity contribution in [2.75, 3.05) is 0 Å². The number of rotatable bonds is 3. The topological polar surface area (TPSA) is 73.8 Å². The van der Waals surface area contributed by atoms with E-state index >= 15 is 0 Å². The minimum Gasteiger partial charge on any atom is -0.318 e. The van der Waals surface area contributed by atoms with Crippen LogP contribution in [0, 0.1) is 25.2 Å². The molecule has 1 N–H and O–H groups in total. The number of halogens is 2. The van der Waals surface area contributed by atoms with Gasteiger partial charge in [-0.15, -0.1) is 0 Å². The number of nitrogens with one attached hydrogen (secondary N) is 1. The maximum absolute atomic E-state index is 12.9. The number of carbonyl (C=O) groups excluding carboxylic acids is 1. The maximum Gasteiger partial charge on any atom is 0.283 e. The number of nitrogens with zero attached hydrogens (tertiary/aromatic N) is 4. The summed E-state index contributed by atoms with van der Waals surface area (Å²) in [7, 11) is 0. The van der Waals surface area contributed by atoms with Gasteiger partial charge in [-0.2, -0.15) is 15.1 Å². The quantitative estimate of drug-likeness (QED) is 0.483. The van der Waals surface area contributed by atoms with E-state index in [0.717, 1.165) is 40.5 Å². The first-order chi connectivity index (χ1) is 15.8. The highest BCUT2D eigenvalue weighted by molar-refractivity contribution is 8.27. The van der Waals surface area contributed by atoms with Gasteiger partial charge in [0.1, 0.15) is 5.04 Å². The highest BCUT2D eigenvalue weighted by atomic mass is 35.5. The summed E-state index contributed by atoms with van der Waals surface area (Å²) in [4.78, 5) is 17.1. The fourth-order valence-corrected chi connectivity index (χ4v) is 5.98. The number of amides is 1. The van der Waals surface area contributed by atoms with Crippen molar-refractivity contribution in [2.24, 2.45) is 16.0 Å². The van der Waals surface area contributed by atoms with Gasteiger partial charge in [-0.25, -0.2) is 0 Å². The molecular formula is C24H23Cl2N5OS. The zero-order valence-electron chi connectivity index (χ0n) is 18.4. The number of aromatic nitrogens is 1. The number of hydrazone groups is 1. The Morgan fingerprint density at radius 1 is 1.12 bits per heavy atom. The largest absolute Gasteiger partial charge is 0.318 e. The lowest BCUT2D eigenvalue weighted by atomic mass is 9.90. The zero-order chi connectivity index (χ0) is 23.3. The van der Waals surface area contributed by atoms with Crippen LogP contribution in [0.25, 0.3) is 11.8 Å². The van der Waals surface area contributed by atoms with Crippen LogP contribution in [-0.2, 0) is 4.79 Å². The van der Waals surface area contributed by atoms with Crippen molar-refractivity contribution in [3.05, 3.63) is 56.8 Å². The van der Waals surface area contributed by atoms with Crippen LogP contribution in [-0.4, -0.2) is 31.5 Å². The summed E-state index contributed by atoms with van der Waals surface area (Å²) in [6.45, 7) is 3.96. The number of hydrogen-bond donors (Lipinski definition) is 1. The van der Waals surface area contributed by atoms with E-state index in [1.807, 2.05) is 36.6 Å². The summed E-state index contributed by atoms with van der Waals surface area (Å²) in [5.74, 6) is 0.0679. The molecular weight excluding hydrogens is 477 g/mol. The smallest absolute Gasteiger partial charge is 0.283 e. The predicted octanol–water partition coefficient (Wildman–Crippen LogP) is 6.60. The Kier molecular flexibility index (Phi) is 5.97. The molecule has 0 radical (unpaired) electrons. The number of amidine groups is 2. The predicted molar refractivity (Wildman–Crippen MR) is 137 cm³/mol. The number of hydrogen-bond acceptors (Lipinski definition) is 4. The molecule has 5 rings (SSSR count). The Morgan fingerprint density at radius 2 is 1.88 bits per heavy atom. The van der Waals surface area contributed by atoms with Crippen LogP contribution >= 0.6 is 35.0 Å². The fraction of sp³-hybridized carbons (Fsp3) is 0.333. The number of benzene rings is 1. The van der Waals surface area contributed by atoms with Crippen molar-refractivity contribution in [2.45, 2.75) is 46.0 Å². The van der Waals surface area contributed by atoms with E-state index in [2.05, 4.69) is 10.1 Å². The fourth-order valence-electron chi connectivity index (χ4n) is 4.63. The second-order valence-corrected chi connectivity index (χ2v) is 10.4. The Morgan fingerprint density at radius 3 is 2.61 bits per heavy atom. The number of aryl methyl sites for hydroxylation is 1. The molecule has 1 saturated carbocycles. The van der Waals surface area contributed by atoms with Gasteiger partial charge in [-0.1, -0.05) is 42.5 Å². The number of carbonyl (C=O) groups is 1. The first kappa shape index (κ1) is 22.4. The second-order valence-electron chi connectivity index (χ2n) is 8.55. The molecule has 2 aliphatic heterocycles. The van der Waals surface area contributed by atoms with Gasteiger partial charge in [-0.3, -0.25) is 10.2 Å². The average molecular weight is 500 g/mol. The van der Waals surface area contributed by atoms with Crippen LogP contribution in [0.2, 0.25) is 10.0 Å². The van der Waals surface area contributed by atoms with Crippen molar-refractivity contribution in [1.29, 1.82) is 5.41 Å². The molecule has 1 fully saturated rings. The summed E-state index contributed by atoms with van der Waals surface area (Å²) in [6.07, 6.45) is 7.62. The molecule has 3 heterocycles. The number of aliphatic imine (C=N–C) groups is 1. The second kappa shape index (κ2) is 8.78. The highest BCUT2D eigenvalue weighted by Crippen LogP contribution is 2.36. The molecule has 0 saturated heterocycles. The first-order valence-corrected chi connectivity index (χ1v) is 12.5. The highest BCUT2D eigenvalue weighted by Gasteiger charge is 2.38. The number of thioether (sulfide) groups is 1. The molecule has 0 bridgehead atoms. The Bertz CT molecular complexity index is 1270. The molecule has 1 aromatic carbocycles. The van der Waals surface area contributed by atoms with Gasteiger partial charge >= 0.3 is 0 Å². The minimum atomic E-state index is -0.404. The van der Waals surface area contributed by atoms with E-state index in [1.54, 1.807) is 12.1 Å². The lowest BCUT2D eigenvalue weighted by Gasteiger charge is -2.20. The summed E-state index contributed by atoms with van der Waals surface area (Å²) in [5, 5.41) is 17.3. The van der Waals surface area contributed by atoms with Crippen molar-refractivity contribution in [1.82, 2.24) is 9.58 Å². The van der Waals surface area contributed by atoms with E-state index in [-0.39, 0.29) is 11.4 Å². The SMILES string of the molecule is Cc1cc(C=C2C(=N)N3N=C(C4CCCCC4)SC3=NC2=O)c(C)n1-c1ccc(Cl)c(Cl)c1. The van der Waals surface area contributed by atoms with Crippen LogP contribution in [0.5, 0.6) is 0 Å². The molecule has 9 heteroatoms. The molecule has 1 aliphatic carbocycles. The van der Waals surface area contributed by atoms with E-state index in [0.29, 0.717) is 21.1 Å². The van der Waals surface area contributed by atoms with Gasteiger partial charge in [0.05, 0.1) is 15.6 Å². The van der Waals surface area contributed by atoms with E-state index < -0.39 is 5.91 Å². The molecule has 170 valence electrons. The van der Waals surface area contributed by atoms with Crippen LogP contribution in [0.1, 0.15) is 49.1 Å². The zero-order valence-corrected chi connectivity index (χ0v) is 20.7.